The zero-order valence-corrected chi connectivity index (χ0v) is 13.8. The van der Waals surface area contributed by atoms with Gasteiger partial charge in [-0.15, -0.1) is 10.2 Å². The maximum absolute atomic E-state index is 12.6. The SMILES string of the molecule is Cc1nnc(NC(=O)C(C)c2c(C)nn(CC(F)(F)F)c2C)s1. The van der Waals surface area contributed by atoms with Crippen LogP contribution in [0, 0.1) is 20.8 Å². The topological polar surface area (TPSA) is 72.7 Å². The van der Waals surface area contributed by atoms with Crippen molar-refractivity contribution in [2.24, 2.45) is 0 Å². The first-order chi connectivity index (χ1) is 10.6. The first kappa shape index (κ1) is 17.4. The summed E-state index contributed by atoms with van der Waals surface area (Å²) in [4.78, 5) is 12.3. The number of carbonyl (C=O) groups excluding carboxylic acids is 1. The molecule has 0 aliphatic heterocycles. The maximum Gasteiger partial charge on any atom is 0.408 e. The third-order valence-corrected chi connectivity index (χ3v) is 4.10. The Balaban J connectivity index is 2.21. The number of amides is 1. The maximum atomic E-state index is 12.6. The Morgan fingerprint density at radius 1 is 1.30 bits per heavy atom. The Bertz CT molecular complexity index is 722. The molecule has 0 saturated heterocycles. The van der Waals surface area contributed by atoms with Gasteiger partial charge in [-0.1, -0.05) is 11.3 Å². The second-order valence-electron chi connectivity index (χ2n) is 5.19. The van der Waals surface area contributed by atoms with Crippen molar-refractivity contribution in [3.05, 3.63) is 22.0 Å². The molecule has 0 bridgehead atoms. The van der Waals surface area contributed by atoms with Gasteiger partial charge in [0.15, 0.2) is 0 Å². The number of carbonyl (C=O) groups is 1. The molecule has 2 aromatic rings. The molecule has 23 heavy (non-hydrogen) atoms. The number of nitrogens with zero attached hydrogens (tertiary/aromatic N) is 4. The van der Waals surface area contributed by atoms with Crippen molar-refractivity contribution in [1.29, 1.82) is 0 Å². The van der Waals surface area contributed by atoms with Crippen LogP contribution >= 0.6 is 11.3 Å². The van der Waals surface area contributed by atoms with Gasteiger partial charge in [-0.2, -0.15) is 18.3 Å². The van der Waals surface area contributed by atoms with Crippen molar-refractivity contribution in [2.45, 2.75) is 46.3 Å². The monoisotopic (exact) mass is 347 g/mol. The average molecular weight is 347 g/mol. The van der Waals surface area contributed by atoms with Gasteiger partial charge < -0.3 is 0 Å². The Kier molecular flexibility index (Phi) is 4.73. The third kappa shape index (κ3) is 4.06. The Morgan fingerprint density at radius 3 is 2.48 bits per heavy atom. The normalized spacial score (nSPS) is 13.2. The summed E-state index contributed by atoms with van der Waals surface area (Å²) >= 11 is 1.23. The highest BCUT2D eigenvalue weighted by Gasteiger charge is 2.31. The highest BCUT2D eigenvalue weighted by atomic mass is 32.1. The zero-order valence-electron chi connectivity index (χ0n) is 13.0. The number of anilines is 1. The van der Waals surface area contributed by atoms with E-state index in [2.05, 4.69) is 20.6 Å². The summed E-state index contributed by atoms with van der Waals surface area (Å²) in [6.07, 6.45) is -4.37. The molecule has 1 unspecified atom stereocenters. The van der Waals surface area contributed by atoms with Gasteiger partial charge in [0.05, 0.1) is 11.6 Å². The van der Waals surface area contributed by atoms with Gasteiger partial charge in [-0.3, -0.25) is 14.8 Å². The van der Waals surface area contributed by atoms with Gasteiger partial charge in [0.1, 0.15) is 11.6 Å². The van der Waals surface area contributed by atoms with Crippen molar-refractivity contribution in [2.75, 3.05) is 5.32 Å². The van der Waals surface area contributed by atoms with E-state index >= 15 is 0 Å². The molecule has 2 heterocycles. The van der Waals surface area contributed by atoms with Crippen LogP contribution in [0.4, 0.5) is 18.3 Å². The van der Waals surface area contributed by atoms with Gasteiger partial charge in [0.25, 0.3) is 0 Å². The van der Waals surface area contributed by atoms with Crippen LogP contribution in [-0.2, 0) is 11.3 Å². The molecule has 1 amide bonds. The molecule has 0 fully saturated rings. The van der Waals surface area contributed by atoms with Gasteiger partial charge >= 0.3 is 6.18 Å². The molecule has 2 rings (SSSR count). The molecular formula is C13H16F3N5OS. The molecule has 0 saturated carbocycles. The van der Waals surface area contributed by atoms with Crippen LogP contribution in [0.3, 0.4) is 0 Å². The van der Waals surface area contributed by atoms with Crippen molar-refractivity contribution in [1.82, 2.24) is 20.0 Å². The fraction of sp³-hybridized carbons (Fsp3) is 0.538. The number of halogens is 3. The lowest BCUT2D eigenvalue weighted by Gasteiger charge is -2.12. The summed E-state index contributed by atoms with van der Waals surface area (Å²) in [6.45, 7) is 5.32. The lowest BCUT2D eigenvalue weighted by molar-refractivity contribution is -0.142. The second-order valence-corrected chi connectivity index (χ2v) is 6.38. The van der Waals surface area contributed by atoms with E-state index in [-0.39, 0.29) is 5.91 Å². The van der Waals surface area contributed by atoms with Crippen molar-refractivity contribution in [3.8, 4) is 0 Å². The van der Waals surface area contributed by atoms with Crippen LogP contribution in [0.25, 0.3) is 0 Å². The molecule has 0 aromatic carbocycles. The van der Waals surface area contributed by atoms with E-state index in [1.165, 1.54) is 18.3 Å². The minimum atomic E-state index is -4.37. The van der Waals surface area contributed by atoms with E-state index in [4.69, 9.17) is 0 Å². The Hall–Kier alpha value is -1.97. The molecule has 6 nitrogen and oxygen atoms in total. The van der Waals surface area contributed by atoms with Crippen molar-refractivity contribution < 1.29 is 18.0 Å². The molecule has 0 aliphatic rings. The molecule has 2 aromatic heterocycles. The standard InChI is InChI=1S/C13H16F3N5OS/c1-6(11(22)17-12-19-18-9(4)23-12)10-7(2)20-21(8(10)3)5-13(14,15)16/h6H,5H2,1-4H3,(H,17,19,22). The zero-order chi connectivity index (χ0) is 17.4. The predicted octanol–water partition coefficient (Wildman–Crippen LogP) is 2.96. The summed E-state index contributed by atoms with van der Waals surface area (Å²) in [5.74, 6) is -1.01. The molecule has 0 aliphatic carbocycles. The number of alkyl halides is 3. The number of hydrogen-bond donors (Lipinski definition) is 1. The fourth-order valence-electron chi connectivity index (χ4n) is 2.35. The second kappa shape index (κ2) is 6.26. The summed E-state index contributed by atoms with van der Waals surface area (Å²) in [5.41, 5.74) is 1.23. The van der Waals surface area contributed by atoms with Crippen LogP contribution < -0.4 is 5.32 Å². The van der Waals surface area contributed by atoms with Crippen LogP contribution in [-0.4, -0.2) is 32.1 Å². The summed E-state index contributed by atoms with van der Waals surface area (Å²) in [7, 11) is 0. The molecule has 10 heteroatoms. The van der Waals surface area contributed by atoms with E-state index in [0.29, 0.717) is 27.1 Å². The van der Waals surface area contributed by atoms with E-state index in [1.807, 2.05) is 0 Å². The number of aryl methyl sites for hydroxylation is 2. The van der Waals surface area contributed by atoms with Crippen molar-refractivity contribution in [3.63, 3.8) is 0 Å². The molecule has 1 N–H and O–H groups in total. The van der Waals surface area contributed by atoms with Crippen LogP contribution in [0.15, 0.2) is 0 Å². The summed E-state index contributed by atoms with van der Waals surface area (Å²) < 4.78 is 38.6. The van der Waals surface area contributed by atoms with Gasteiger partial charge in [-0.05, 0) is 27.7 Å². The number of rotatable bonds is 4. The lowest BCUT2D eigenvalue weighted by atomic mass is 9.98. The molecule has 126 valence electrons. The first-order valence-electron chi connectivity index (χ1n) is 6.80. The number of hydrogen-bond acceptors (Lipinski definition) is 5. The predicted molar refractivity (Wildman–Crippen MR) is 79.4 cm³/mol. The van der Waals surface area contributed by atoms with Crippen LogP contribution in [0.2, 0.25) is 0 Å². The molecule has 0 radical (unpaired) electrons. The average Bonchev–Trinajstić information content (AvgIpc) is 2.92. The van der Waals surface area contributed by atoms with Crippen LogP contribution in [0.5, 0.6) is 0 Å². The quantitative estimate of drug-likeness (QED) is 0.923. The third-order valence-electron chi connectivity index (χ3n) is 3.35. The molecular weight excluding hydrogens is 331 g/mol. The van der Waals surface area contributed by atoms with E-state index in [1.54, 1.807) is 20.8 Å². The Labute approximate surface area is 134 Å². The van der Waals surface area contributed by atoms with E-state index in [9.17, 15) is 18.0 Å². The molecule has 0 spiro atoms. The summed E-state index contributed by atoms with van der Waals surface area (Å²) in [6, 6.07) is 0. The first-order valence-corrected chi connectivity index (χ1v) is 7.61. The van der Waals surface area contributed by atoms with Gasteiger partial charge in [0.2, 0.25) is 11.0 Å². The van der Waals surface area contributed by atoms with Gasteiger partial charge in [0, 0.05) is 11.3 Å². The number of aromatic nitrogens is 4. The van der Waals surface area contributed by atoms with E-state index in [0.717, 1.165) is 4.68 Å². The highest BCUT2D eigenvalue weighted by molar-refractivity contribution is 7.15. The minimum absolute atomic E-state index is 0.330. The minimum Gasteiger partial charge on any atom is -0.300 e. The fourth-order valence-corrected chi connectivity index (χ4v) is 2.95. The lowest BCUT2D eigenvalue weighted by Crippen LogP contribution is -2.21. The van der Waals surface area contributed by atoms with Crippen molar-refractivity contribution >= 4 is 22.4 Å². The van der Waals surface area contributed by atoms with E-state index < -0.39 is 18.6 Å². The number of nitrogens with one attached hydrogen (secondary N) is 1. The highest BCUT2D eigenvalue weighted by Crippen LogP contribution is 2.27. The smallest absolute Gasteiger partial charge is 0.300 e. The van der Waals surface area contributed by atoms with Gasteiger partial charge in [-0.25, -0.2) is 0 Å². The summed E-state index contributed by atoms with van der Waals surface area (Å²) in [5, 5.41) is 15.2. The van der Waals surface area contributed by atoms with Crippen LogP contribution in [0.1, 0.15) is 34.8 Å². The largest absolute Gasteiger partial charge is 0.408 e. The molecule has 1 atom stereocenters. The Morgan fingerprint density at radius 2 is 1.96 bits per heavy atom.